The van der Waals surface area contributed by atoms with E-state index < -0.39 is 10.8 Å². The molecular formula is C18H20N4O4. The van der Waals surface area contributed by atoms with Crippen molar-refractivity contribution in [2.75, 3.05) is 17.2 Å². The summed E-state index contributed by atoms with van der Waals surface area (Å²) < 4.78 is 0. The van der Waals surface area contributed by atoms with Crippen LogP contribution >= 0.6 is 0 Å². The summed E-state index contributed by atoms with van der Waals surface area (Å²) in [5.41, 5.74) is 8.67. The van der Waals surface area contributed by atoms with Crippen LogP contribution in [0, 0.1) is 30.9 Å². The van der Waals surface area contributed by atoms with Gasteiger partial charge >= 0.3 is 0 Å². The maximum absolute atomic E-state index is 12.2. The molecule has 0 atom stereocenters. The maximum Gasteiger partial charge on any atom is 0.293 e. The lowest BCUT2D eigenvalue weighted by atomic mass is 10.1. The second-order valence-electron chi connectivity index (χ2n) is 6.03. The summed E-state index contributed by atoms with van der Waals surface area (Å²) in [7, 11) is 0. The summed E-state index contributed by atoms with van der Waals surface area (Å²) in [5.74, 6) is -1.10. The number of nitrogens with two attached hydrogens (primary N) is 1. The first-order chi connectivity index (χ1) is 12.2. The Kier molecular flexibility index (Phi) is 5.56. The second-order valence-corrected chi connectivity index (χ2v) is 6.03. The van der Waals surface area contributed by atoms with E-state index in [0.717, 1.165) is 28.4 Å². The third kappa shape index (κ3) is 4.35. The second kappa shape index (κ2) is 7.64. The predicted octanol–water partition coefficient (Wildman–Crippen LogP) is 2.67. The Morgan fingerprint density at radius 2 is 1.73 bits per heavy atom. The first-order valence-corrected chi connectivity index (χ1v) is 7.89. The molecule has 0 saturated heterocycles. The van der Waals surface area contributed by atoms with Crippen LogP contribution in [0.5, 0.6) is 0 Å². The first kappa shape index (κ1) is 18.9. The fraction of sp³-hybridized carbons (Fsp3) is 0.222. The third-order valence-electron chi connectivity index (χ3n) is 3.86. The summed E-state index contributed by atoms with van der Waals surface area (Å²) in [6.07, 6.45) is 0. The zero-order valence-electron chi connectivity index (χ0n) is 14.8. The molecule has 0 radical (unpaired) electrons. The Bertz CT molecular complexity index is 870. The van der Waals surface area contributed by atoms with E-state index in [0.29, 0.717) is 0 Å². The zero-order chi connectivity index (χ0) is 19.4. The minimum Gasteiger partial charge on any atom is -0.371 e. The molecule has 2 rings (SSSR count). The molecule has 26 heavy (non-hydrogen) atoms. The molecule has 2 aromatic rings. The molecule has 0 aliphatic rings. The van der Waals surface area contributed by atoms with Crippen molar-refractivity contribution in [2.24, 2.45) is 5.73 Å². The molecule has 0 heterocycles. The standard InChI is InChI=1S/C18H20N4O4/c1-10-6-11(2)17(12(3)7-10)21-16(23)9-20-14-5-4-13(18(19)24)8-15(14)22(25)26/h4-8,20H,9H2,1-3H3,(H2,19,24)(H,21,23). The normalized spacial score (nSPS) is 10.3. The predicted molar refractivity (Wildman–Crippen MR) is 99.4 cm³/mol. The van der Waals surface area contributed by atoms with Crippen LogP contribution in [0.3, 0.4) is 0 Å². The number of primary amides is 1. The molecular weight excluding hydrogens is 336 g/mol. The van der Waals surface area contributed by atoms with Gasteiger partial charge in [-0.15, -0.1) is 0 Å². The third-order valence-corrected chi connectivity index (χ3v) is 3.86. The van der Waals surface area contributed by atoms with Gasteiger partial charge in [0, 0.05) is 17.3 Å². The summed E-state index contributed by atoms with van der Waals surface area (Å²) in [6, 6.07) is 7.72. The molecule has 8 heteroatoms. The van der Waals surface area contributed by atoms with E-state index in [1.807, 2.05) is 32.9 Å². The quantitative estimate of drug-likeness (QED) is 0.541. The molecule has 0 aliphatic carbocycles. The summed E-state index contributed by atoms with van der Waals surface area (Å²) >= 11 is 0. The SMILES string of the molecule is Cc1cc(C)c(NC(=O)CNc2ccc(C(N)=O)cc2[N+](=O)[O-])c(C)c1. The van der Waals surface area contributed by atoms with Gasteiger partial charge in [0.25, 0.3) is 5.69 Å². The van der Waals surface area contributed by atoms with Crippen molar-refractivity contribution in [2.45, 2.75) is 20.8 Å². The molecule has 2 amide bonds. The molecule has 136 valence electrons. The fourth-order valence-corrected chi connectivity index (χ4v) is 2.72. The van der Waals surface area contributed by atoms with E-state index >= 15 is 0 Å². The van der Waals surface area contributed by atoms with E-state index in [2.05, 4.69) is 10.6 Å². The van der Waals surface area contributed by atoms with E-state index in [1.165, 1.54) is 12.1 Å². The Hall–Kier alpha value is -3.42. The zero-order valence-corrected chi connectivity index (χ0v) is 14.8. The highest BCUT2D eigenvalue weighted by Gasteiger charge is 2.17. The van der Waals surface area contributed by atoms with E-state index in [9.17, 15) is 19.7 Å². The topological polar surface area (TPSA) is 127 Å². The highest BCUT2D eigenvalue weighted by molar-refractivity contribution is 5.96. The number of nitro benzene ring substituents is 1. The van der Waals surface area contributed by atoms with Crippen LogP contribution in [-0.4, -0.2) is 23.3 Å². The van der Waals surface area contributed by atoms with Gasteiger partial charge in [-0.05, 0) is 44.0 Å². The van der Waals surface area contributed by atoms with E-state index in [-0.39, 0.29) is 29.4 Å². The van der Waals surface area contributed by atoms with Gasteiger partial charge in [0.2, 0.25) is 11.8 Å². The lowest BCUT2D eigenvalue weighted by Crippen LogP contribution is -2.23. The number of nitrogens with one attached hydrogen (secondary N) is 2. The number of amides is 2. The molecule has 0 bridgehead atoms. The van der Waals surface area contributed by atoms with Crippen LogP contribution in [0.1, 0.15) is 27.0 Å². The first-order valence-electron chi connectivity index (χ1n) is 7.89. The molecule has 2 aromatic carbocycles. The minimum atomic E-state index is -0.761. The molecule has 0 aliphatic heterocycles. The number of aryl methyl sites for hydroxylation is 3. The van der Waals surface area contributed by atoms with Crippen LogP contribution in [0.25, 0.3) is 0 Å². The fourth-order valence-electron chi connectivity index (χ4n) is 2.72. The minimum absolute atomic E-state index is 0.0256. The number of carbonyl (C=O) groups excluding carboxylic acids is 2. The van der Waals surface area contributed by atoms with E-state index in [4.69, 9.17) is 5.73 Å². The van der Waals surface area contributed by atoms with Crippen LogP contribution < -0.4 is 16.4 Å². The van der Waals surface area contributed by atoms with Gasteiger partial charge in [-0.25, -0.2) is 0 Å². The Balaban J connectivity index is 2.13. The number of anilines is 2. The average molecular weight is 356 g/mol. The maximum atomic E-state index is 12.2. The highest BCUT2D eigenvalue weighted by atomic mass is 16.6. The largest absolute Gasteiger partial charge is 0.371 e. The number of hydrogen-bond acceptors (Lipinski definition) is 5. The smallest absolute Gasteiger partial charge is 0.293 e. The van der Waals surface area contributed by atoms with Gasteiger partial charge < -0.3 is 16.4 Å². The molecule has 0 saturated carbocycles. The lowest BCUT2D eigenvalue weighted by molar-refractivity contribution is -0.384. The summed E-state index contributed by atoms with van der Waals surface area (Å²) in [6.45, 7) is 5.61. The molecule has 0 unspecified atom stereocenters. The molecule has 0 fully saturated rings. The molecule has 4 N–H and O–H groups in total. The Morgan fingerprint density at radius 1 is 1.12 bits per heavy atom. The summed E-state index contributed by atoms with van der Waals surface area (Å²) in [4.78, 5) is 33.9. The van der Waals surface area contributed by atoms with Gasteiger partial charge in [0.1, 0.15) is 5.69 Å². The van der Waals surface area contributed by atoms with Crippen molar-refractivity contribution >= 4 is 28.9 Å². The van der Waals surface area contributed by atoms with Crippen molar-refractivity contribution in [1.82, 2.24) is 0 Å². The van der Waals surface area contributed by atoms with Crippen molar-refractivity contribution in [1.29, 1.82) is 0 Å². The number of hydrogen-bond donors (Lipinski definition) is 3. The van der Waals surface area contributed by atoms with Gasteiger partial charge in [0.05, 0.1) is 11.5 Å². The van der Waals surface area contributed by atoms with Crippen LogP contribution in [0.2, 0.25) is 0 Å². The van der Waals surface area contributed by atoms with Crippen LogP contribution in [0.4, 0.5) is 17.1 Å². The number of rotatable bonds is 6. The van der Waals surface area contributed by atoms with Gasteiger partial charge in [0.15, 0.2) is 0 Å². The number of benzene rings is 2. The molecule has 8 nitrogen and oxygen atoms in total. The summed E-state index contributed by atoms with van der Waals surface area (Å²) in [5, 5.41) is 16.7. The molecule has 0 spiro atoms. The van der Waals surface area contributed by atoms with Gasteiger partial charge in [-0.1, -0.05) is 17.7 Å². The van der Waals surface area contributed by atoms with Gasteiger partial charge in [-0.2, -0.15) is 0 Å². The van der Waals surface area contributed by atoms with Crippen molar-refractivity contribution in [3.63, 3.8) is 0 Å². The van der Waals surface area contributed by atoms with Crippen LogP contribution in [-0.2, 0) is 4.79 Å². The van der Waals surface area contributed by atoms with Crippen molar-refractivity contribution < 1.29 is 14.5 Å². The van der Waals surface area contributed by atoms with Crippen LogP contribution in [0.15, 0.2) is 30.3 Å². The average Bonchev–Trinajstić information content (AvgIpc) is 2.55. The molecule has 0 aromatic heterocycles. The lowest BCUT2D eigenvalue weighted by Gasteiger charge is -2.13. The highest BCUT2D eigenvalue weighted by Crippen LogP contribution is 2.26. The van der Waals surface area contributed by atoms with E-state index in [1.54, 1.807) is 0 Å². The van der Waals surface area contributed by atoms with Crippen molar-refractivity contribution in [3.05, 3.63) is 62.7 Å². The number of carbonyl (C=O) groups is 2. The number of nitrogens with zero attached hydrogens (tertiary/aromatic N) is 1. The Labute approximate surface area is 150 Å². The monoisotopic (exact) mass is 356 g/mol. The number of nitro groups is 1. The van der Waals surface area contributed by atoms with Crippen molar-refractivity contribution in [3.8, 4) is 0 Å². The Morgan fingerprint density at radius 3 is 2.27 bits per heavy atom. The van der Waals surface area contributed by atoms with Gasteiger partial charge in [-0.3, -0.25) is 19.7 Å².